The lowest BCUT2D eigenvalue weighted by molar-refractivity contribution is -0.137. The number of carbonyl (C=O) groups is 5. The van der Waals surface area contributed by atoms with Crippen molar-refractivity contribution >= 4 is 58.0 Å². The van der Waals surface area contributed by atoms with Crippen molar-refractivity contribution in [2.45, 2.75) is 44.7 Å². The number of rotatable bonds is 20. The van der Waals surface area contributed by atoms with E-state index in [2.05, 4.69) is 47.0 Å². The fourth-order valence-electron chi connectivity index (χ4n) is 7.16. The standard InChI is InChI=1S/C46H49ClN4O8/c1-50(25-28-59-35-17-15-34(16-18-35)44(33-11-6-3-7-12-33)36(21-24-47)32-9-4-2-5-10-32)43(54)23-27-58-30-29-57-26-22-42(53)48-39-14-8-13-37-38(39)31-51(46(37)56)40-19-20-41(52)49-45(40)55/h2-18,40H,19-31H2,1H3,(H,48,53)(H,49,52,55). The minimum absolute atomic E-state index is 0.0683. The van der Waals surface area contributed by atoms with Crippen molar-refractivity contribution in [1.29, 1.82) is 0 Å². The predicted octanol–water partition coefficient (Wildman–Crippen LogP) is 6.32. The maximum atomic E-state index is 13.0. The zero-order valence-electron chi connectivity index (χ0n) is 33.1. The van der Waals surface area contributed by atoms with E-state index in [1.807, 2.05) is 48.5 Å². The Balaban J connectivity index is 0.865. The number of amides is 5. The van der Waals surface area contributed by atoms with Gasteiger partial charge in [0.2, 0.25) is 23.6 Å². The Morgan fingerprint density at radius 3 is 2.12 bits per heavy atom. The van der Waals surface area contributed by atoms with E-state index in [4.69, 9.17) is 25.8 Å². The molecule has 0 aliphatic carbocycles. The molecule has 5 amide bonds. The highest BCUT2D eigenvalue weighted by atomic mass is 35.5. The second-order valence-corrected chi connectivity index (χ2v) is 14.6. The third-order valence-corrected chi connectivity index (χ3v) is 10.4. The Morgan fingerprint density at radius 2 is 1.44 bits per heavy atom. The third kappa shape index (κ3) is 11.4. The summed E-state index contributed by atoms with van der Waals surface area (Å²) in [6.07, 6.45) is 1.43. The van der Waals surface area contributed by atoms with Crippen LogP contribution >= 0.6 is 11.6 Å². The number of nitrogens with one attached hydrogen (secondary N) is 2. The van der Waals surface area contributed by atoms with Gasteiger partial charge in [0, 0.05) is 42.7 Å². The van der Waals surface area contributed by atoms with E-state index < -0.39 is 11.9 Å². The monoisotopic (exact) mass is 820 g/mol. The molecule has 6 rings (SSSR count). The average Bonchev–Trinajstić information content (AvgIpc) is 3.59. The number of allylic oxidation sites excluding steroid dienone is 1. The summed E-state index contributed by atoms with van der Waals surface area (Å²) in [5.41, 5.74) is 7.15. The van der Waals surface area contributed by atoms with E-state index in [9.17, 15) is 24.0 Å². The number of piperidine rings is 1. The smallest absolute Gasteiger partial charge is 0.255 e. The van der Waals surface area contributed by atoms with Gasteiger partial charge in [-0.3, -0.25) is 29.3 Å². The van der Waals surface area contributed by atoms with Gasteiger partial charge in [0.1, 0.15) is 18.4 Å². The number of carbonyl (C=O) groups excluding carboxylic acids is 5. The summed E-state index contributed by atoms with van der Waals surface area (Å²) < 4.78 is 17.2. The van der Waals surface area contributed by atoms with Crippen LogP contribution in [0.3, 0.4) is 0 Å². The van der Waals surface area contributed by atoms with Crippen LogP contribution in [0.25, 0.3) is 11.1 Å². The molecule has 1 fully saturated rings. The summed E-state index contributed by atoms with van der Waals surface area (Å²) in [6, 6.07) is 32.9. The van der Waals surface area contributed by atoms with Crippen LogP contribution in [0.15, 0.2) is 103 Å². The number of imide groups is 1. The molecule has 1 saturated heterocycles. The van der Waals surface area contributed by atoms with Crippen LogP contribution in [0.2, 0.25) is 0 Å². The van der Waals surface area contributed by atoms with Crippen LogP contribution in [0, 0.1) is 0 Å². The second kappa shape index (κ2) is 21.3. The lowest BCUT2D eigenvalue weighted by Gasteiger charge is -2.29. The highest BCUT2D eigenvalue weighted by molar-refractivity contribution is 6.18. The van der Waals surface area contributed by atoms with Crippen LogP contribution in [-0.2, 0) is 35.2 Å². The molecule has 1 atom stereocenters. The second-order valence-electron chi connectivity index (χ2n) is 14.2. The van der Waals surface area contributed by atoms with Crippen molar-refractivity contribution < 1.29 is 38.2 Å². The third-order valence-electron chi connectivity index (χ3n) is 10.3. The fourth-order valence-corrected chi connectivity index (χ4v) is 7.35. The summed E-state index contributed by atoms with van der Waals surface area (Å²) in [5.74, 6) is -0.294. The van der Waals surface area contributed by atoms with Gasteiger partial charge in [-0.25, -0.2) is 0 Å². The lowest BCUT2D eigenvalue weighted by Crippen LogP contribution is -2.52. The van der Waals surface area contributed by atoms with Gasteiger partial charge in [0.25, 0.3) is 5.91 Å². The number of benzene rings is 4. The summed E-state index contributed by atoms with van der Waals surface area (Å²) in [5, 5.41) is 5.14. The average molecular weight is 821 g/mol. The van der Waals surface area contributed by atoms with E-state index in [-0.39, 0.29) is 82.3 Å². The Morgan fingerprint density at radius 1 is 0.780 bits per heavy atom. The molecule has 59 heavy (non-hydrogen) atoms. The maximum Gasteiger partial charge on any atom is 0.255 e. The summed E-state index contributed by atoms with van der Waals surface area (Å²) >= 11 is 6.29. The molecule has 12 nitrogen and oxygen atoms in total. The van der Waals surface area contributed by atoms with E-state index in [0.717, 1.165) is 28.7 Å². The first-order valence-electron chi connectivity index (χ1n) is 19.8. The quantitative estimate of drug-likeness (QED) is 0.0457. The first-order valence-corrected chi connectivity index (χ1v) is 20.4. The van der Waals surface area contributed by atoms with Gasteiger partial charge in [0.05, 0.1) is 45.8 Å². The van der Waals surface area contributed by atoms with Crippen LogP contribution < -0.4 is 15.4 Å². The van der Waals surface area contributed by atoms with E-state index in [0.29, 0.717) is 41.6 Å². The van der Waals surface area contributed by atoms with Crippen molar-refractivity contribution in [3.63, 3.8) is 0 Å². The molecule has 2 N–H and O–H groups in total. The van der Waals surface area contributed by atoms with Crippen LogP contribution in [0.1, 0.15) is 64.7 Å². The lowest BCUT2D eigenvalue weighted by atomic mass is 9.88. The number of fused-ring (bicyclic) bond motifs is 1. The van der Waals surface area contributed by atoms with Gasteiger partial charge >= 0.3 is 0 Å². The molecular formula is C46H49ClN4O8. The maximum absolute atomic E-state index is 13.0. The van der Waals surface area contributed by atoms with Crippen molar-refractivity contribution in [3.05, 3.63) is 131 Å². The molecule has 1 unspecified atom stereocenters. The molecule has 4 aromatic rings. The number of halogens is 1. The highest BCUT2D eigenvalue weighted by Gasteiger charge is 2.40. The number of likely N-dealkylation sites (N-methyl/N-ethyl adjacent to an activating group) is 1. The number of ether oxygens (including phenoxy) is 3. The van der Waals surface area contributed by atoms with E-state index in [1.165, 1.54) is 10.5 Å². The summed E-state index contributed by atoms with van der Waals surface area (Å²) in [6.45, 7) is 1.81. The number of hydrogen-bond acceptors (Lipinski definition) is 8. The Kier molecular flexibility index (Phi) is 15.4. The van der Waals surface area contributed by atoms with Crippen LogP contribution in [-0.4, -0.2) is 97.9 Å². The SMILES string of the molecule is CN(CCOc1ccc(C(=C(CCCl)c2ccccc2)c2ccccc2)cc1)C(=O)CCOCCOCCC(=O)Nc1cccc2c1CN(C1CCC(=O)NC1=O)C2=O. The molecule has 2 aliphatic heterocycles. The molecule has 2 heterocycles. The molecule has 2 aliphatic rings. The largest absolute Gasteiger partial charge is 0.492 e. The van der Waals surface area contributed by atoms with Crippen LogP contribution in [0.5, 0.6) is 5.75 Å². The normalized spacial score (nSPS) is 15.3. The zero-order chi connectivity index (χ0) is 41.6. The van der Waals surface area contributed by atoms with Gasteiger partial charge in [-0.05, 0) is 64.9 Å². The number of anilines is 1. The topological polar surface area (TPSA) is 144 Å². The molecule has 13 heteroatoms. The van der Waals surface area contributed by atoms with E-state index >= 15 is 0 Å². The van der Waals surface area contributed by atoms with Crippen molar-refractivity contribution in [2.24, 2.45) is 0 Å². The van der Waals surface area contributed by atoms with Crippen molar-refractivity contribution in [2.75, 3.05) is 57.8 Å². The zero-order valence-corrected chi connectivity index (χ0v) is 33.9. The van der Waals surface area contributed by atoms with Crippen molar-refractivity contribution in [3.8, 4) is 5.75 Å². The minimum atomic E-state index is -0.735. The minimum Gasteiger partial charge on any atom is -0.492 e. The molecular weight excluding hydrogens is 772 g/mol. The molecule has 308 valence electrons. The molecule has 0 spiro atoms. The molecule has 0 bridgehead atoms. The highest BCUT2D eigenvalue weighted by Crippen LogP contribution is 2.36. The van der Waals surface area contributed by atoms with Crippen molar-refractivity contribution in [1.82, 2.24) is 15.1 Å². The first-order chi connectivity index (χ1) is 28.7. The molecule has 0 radical (unpaired) electrons. The number of alkyl halides is 1. The number of nitrogens with zero attached hydrogens (tertiary/aromatic N) is 2. The van der Waals surface area contributed by atoms with Gasteiger partial charge in [-0.2, -0.15) is 0 Å². The molecule has 0 aromatic heterocycles. The summed E-state index contributed by atoms with van der Waals surface area (Å²) in [7, 11) is 1.73. The first kappa shape index (κ1) is 42.8. The predicted molar refractivity (Wildman–Crippen MR) is 226 cm³/mol. The summed E-state index contributed by atoms with van der Waals surface area (Å²) in [4.78, 5) is 65.4. The fraction of sp³-hybridized carbons (Fsp3) is 0.326. The Hall–Kier alpha value is -5.82. The Bertz CT molecular complexity index is 2130. The van der Waals surface area contributed by atoms with Gasteiger partial charge in [-0.15, -0.1) is 11.6 Å². The molecule has 4 aromatic carbocycles. The van der Waals surface area contributed by atoms with Gasteiger partial charge in [-0.1, -0.05) is 78.9 Å². The Labute approximate surface area is 349 Å². The molecule has 0 saturated carbocycles. The van der Waals surface area contributed by atoms with E-state index in [1.54, 1.807) is 30.1 Å². The van der Waals surface area contributed by atoms with Gasteiger partial charge in [0.15, 0.2) is 0 Å². The number of hydrogen-bond donors (Lipinski definition) is 2. The van der Waals surface area contributed by atoms with Gasteiger partial charge < -0.3 is 29.3 Å². The van der Waals surface area contributed by atoms with Crippen LogP contribution in [0.4, 0.5) is 5.69 Å².